The fourth-order valence-electron chi connectivity index (χ4n) is 8.03. The zero-order valence-electron chi connectivity index (χ0n) is 21.4. The second-order valence-corrected chi connectivity index (χ2v) is 12.3. The van der Waals surface area contributed by atoms with E-state index >= 15 is 0 Å². The molecule has 6 atom stereocenters. The summed E-state index contributed by atoms with van der Waals surface area (Å²) in [6, 6.07) is 8.07. The monoisotopic (exact) mass is 511 g/mol. The fourth-order valence-corrected chi connectivity index (χ4v) is 8.03. The zero-order chi connectivity index (χ0) is 26.4. The van der Waals surface area contributed by atoms with Gasteiger partial charge in [0.1, 0.15) is 16.9 Å². The molecular formula is C28H33NO8. The Kier molecular flexibility index (Phi) is 5.13. The average Bonchev–Trinajstić information content (AvgIpc) is 3.47. The summed E-state index contributed by atoms with van der Waals surface area (Å²) in [4.78, 5) is 55.8. The van der Waals surface area contributed by atoms with Crippen LogP contribution in [-0.4, -0.2) is 63.9 Å². The predicted molar refractivity (Wildman–Crippen MR) is 128 cm³/mol. The molecule has 1 amide bonds. The maximum absolute atomic E-state index is 14.3. The molecule has 1 aromatic carbocycles. The zero-order valence-corrected chi connectivity index (χ0v) is 21.4. The molecule has 0 aromatic heterocycles. The van der Waals surface area contributed by atoms with Crippen molar-refractivity contribution in [2.75, 3.05) is 0 Å². The molecule has 9 heteroatoms. The van der Waals surface area contributed by atoms with Crippen LogP contribution in [0.3, 0.4) is 0 Å². The van der Waals surface area contributed by atoms with Crippen molar-refractivity contribution >= 4 is 23.8 Å². The van der Waals surface area contributed by atoms with Crippen molar-refractivity contribution in [2.45, 2.75) is 95.8 Å². The highest BCUT2D eigenvalue weighted by Gasteiger charge is 2.94. The molecule has 198 valence electrons. The SMILES string of the molecule is CC(C)(C)[C@]1(O)C[C@@H]2OC(=O)C[C@@]23C(=O)O[C@@H]2N(C4CCCCC4)C(=O)[C@H](OC(=O)c4ccccc4)[C@]213. The number of nitrogens with zero attached hydrogens (tertiary/aromatic N) is 1. The Bertz CT molecular complexity index is 1170. The number of benzene rings is 1. The molecule has 5 fully saturated rings. The van der Waals surface area contributed by atoms with Gasteiger partial charge in [0, 0.05) is 12.5 Å². The van der Waals surface area contributed by atoms with Gasteiger partial charge in [-0.1, -0.05) is 58.2 Å². The summed E-state index contributed by atoms with van der Waals surface area (Å²) in [5.41, 5.74) is -5.74. The molecule has 2 saturated carbocycles. The lowest BCUT2D eigenvalue weighted by Gasteiger charge is -2.51. The number of carbonyl (C=O) groups excluding carboxylic acids is 4. The van der Waals surface area contributed by atoms with E-state index in [1.54, 1.807) is 35.2 Å². The van der Waals surface area contributed by atoms with Gasteiger partial charge in [0.05, 0.1) is 17.6 Å². The van der Waals surface area contributed by atoms with Crippen molar-refractivity contribution in [1.82, 2.24) is 4.90 Å². The molecule has 2 aliphatic carbocycles. The summed E-state index contributed by atoms with van der Waals surface area (Å²) >= 11 is 0. The third-order valence-electron chi connectivity index (χ3n) is 9.71. The van der Waals surface area contributed by atoms with Crippen molar-refractivity contribution < 1.29 is 38.5 Å². The molecular weight excluding hydrogens is 478 g/mol. The molecule has 37 heavy (non-hydrogen) atoms. The average molecular weight is 512 g/mol. The van der Waals surface area contributed by atoms with E-state index in [1.807, 2.05) is 20.8 Å². The van der Waals surface area contributed by atoms with Gasteiger partial charge in [-0.3, -0.25) is 19.3 Å². The van der Waals surface area contributed by atoms with E-state index in [-0.39, 0.29) is 24.4 Å². The van der Waals surface area contributed by atoms with Crippen LogP contribution in [0, 0.1) is 16.2 Å². The van der Waals surface area contributed by atoms with E-state index in [1.165, 1.54) is 0 Å². The Hall–Kier alpha value is -2.94. The number of carbonyl (C=O) groups is 4. The first-order valence-corrected chi connectivity index (χ1v) is 13.2. The van der Waals surface area contributed by atoms with Crippen LogP contribution in [0.5, 0.6) is 0 Å². The third kappa shape index (κ3) is 2.84. The molecule has 9 nitrogen and oxygen atoms in total. The Labute approximate surface area is 215 Å². The highest BCUT2D eigenvalue weighted by Crippen LogP contribution is 2.76. The van der Waals surface area contributed by atoms with Crippen molar-refractivity contribution in [3.63, 3.8) is 0 Å². The summed E-state index contributed by atoms with van der Waals surface area (Å²) in [5, 5.41) is 12.7. The van der Waals surface area contributed by atoms with Gasteiger partial charge in [0.15, 0.2) is 12.3 Å². The molecule has 0 radical (unpaired) electrons. The Morgan fingerprint density at radius 2 is 1.73 bits per heavy atom. The topological polar surface area (TPSA) is 119 Å². The summed E-state index contributed by atoms with van der Waals surface area (Å²) < 4.78 is 17.7. The lowest BCUT2D eigenvalue weighted by molar-refractivity contribution is -0.213. The van der Waals surface area contributed by atoms with E-state index in [4.69, 9.17) is 14.2 Å². The number of ether oxygens (including phenoxy) is 3. The maximum Gasteiger partial charge on any atom is 0.338 e. The highest BCUT2D eigenvalue weighted by atomic mass is 16.6. The predicted octanol–water partition coefficient (Wildman–Crippen LogP) is 2.74. The van der Waals surface area contributed by atoms with Gasteiger partial charge in [-0.2, -0.15) is 0 Å². The first kappa shape index (κ1) is 24.4. The Balaban J connectivity index is 1.58. The van der Waals surface area contributed by atoms with E-state index in [0.717, 1.165) is 32.1 Å². The number of hydrogen-bond acceptors (Lipinski definition) is 8. The quantitative estimate of drug-likeness (QED) is 0.486. The number of rotatable bonds is 3. The Morgan fingerprint density at radius 1 is 1.05 bits per heavy atom. The molecule has 1 aromatic rings. The van der Waals surface area contributed by atoms with Gasteiger partial charge in [0.25, 0.3) is 5.91 Å². The first-order chi connectivity index (χ1) is 17.5. The van der Waals surface area contributed by atoms with Crippen molar-refractivity contribution in [3.8, 4) is 0 Å². The largest absolute Gasteiger partial charge is 0.461 e. The van der Waals surface area contributed by atoms with E-state index < -0.39 is 64.1 Å². The molecule has 5 aliphatic rings. The number of hydrogen-bond donors (Lipinski definition) is 1. The molecule has 3 heterocycles. The number of likely N-dealkylation sites (tertiary alicyclic amines) is 1. The fraction of sp³-hybridized carbons (Fsp3) is 0.643. The van der Waals surface area contributed by atoms with Gasteiger partial charge in [-0.15, -0.1) is 0 Å². The molecule has 3 aliphatic heterocycles. The van der Waals surface area contributed by atoms with Crippen LogP contribution >= 0.6 is 0 Å². The van der Waals surface area contributed by atoms with Crippen molar-refractivity contribution in [3.05, 3.63) is 35.9 Å². The molecule has 3 saturated heterocycles. The second-order valence-electron chi connectivity index (χ2n) is 12.3. The molecule has 1 N–H and O–H groups in total. The smallest absolute Gasteiger partial charge is 0.338 e. The number of esters is 3. The summed E-state index contributed by atoms with van der Waals surface area (Å²) in [6.07, 6.45) is 0.222. The number of amides is 1. The van der Waals surface area contributed by atoms with Crippen molar-refractivity contribution in [2.24, 2.45) is 16.2 Å². The van der Waals surface area contributed by atoms with Gasteiger partial charge in [0.2, 0.25) is 0 Å². The summed E-state index contributed by atoms with van der Waals surface area (Å²) in [7, 11) is 0. The van der Waals surface area contributed by atoms with Crippen LogP contribution in [0.25, 0.3) is 0 Å². The lowest BCUT2D eigenvalue weighted by Crippen LogP contribution is -2.66. The van der Waals surface area contributed by atoms with Crippen LogP contribution in [0.4, 0.5) is 0 Å². The first-order valence-electron chi connectivity index (χ1n) is 13.2. The molecule has 0 unspecified atom stereocenters. The minimum absolute atomic E-state index is 0.0565. The van der Waals surface area contributed by atoms with Gasteiger partial charge in [-0.05, 0) is 30.4 Å². The van der Waals surface area contributed by atoms with Crippen LogP contribution in [0.2, 0.25) is 0 Å². The Morgan fingerprint density at radius 3 is 2.38 bits per heavy atom. The second kappa shape index (κ2) is 7.79. The van der Waals surface area contributed by atoms with E-state index in [9.17, 15) is 24.3 Å². The van der Waals surface area contributed by atoms with Crippen LogP contribution in [0.15, 0.2) is 30.3 Å². The third-order valence-corrected chi connectivity index (χ3v) is 9.71. The van der Waals surface area contributed by atoms with Gasteiger partial charge < -0.3 is 19.3 Å². The van der Waals surface area contributed by atoms with Gasteiger partial charge in [-0.25, -0.2) is 4.79 Å². The number of aliphatic hydroxyl groups is 1. The lowest BCUT2D eigenvalue weighted by atomic mass is 9.52. The van der Waals surface area contributed by atoms with Crippen LogP contribution in [-0.2, 0) is 28.6 Å². The van der Waals surface area contributed by atoms with E-state index in [2.05, 4.69) is 0 Å². The minimum atomic E-state index is -1.73. The van der Waals surface area contributed by atoms with Crippen molar-refractivity contribution in [1.29, 1.82) is 0 Å². The normalized spacial score (nSPS) is 39.2. The summed E-state index contributed by atoms with van der Waals surface area (Å²) in [5.74, 6) is -2.50. The summed E-state index contributed by atoms with van der Waals surface area (Å²) in [6.45, 7) is 5.46. The minimum Gasteiger partial charge on any atom is -0.461 e. The van der Waals surface area contributed by atoms with Crippen LogP contribution in [0.1, 0.15) is 76.1 Å². The highest BCUT2D eigenvalue weighted by molar-refractivity contribution is 5.99. The van der Waals surface area contributed by atoms with Crippen LogP contribution < -0.4 is 0 Å². The molecule has 6 rings (SSSR count). The molecule has 0 bridgehead atoms. The molecule has 2 spiro atoms. The van der Waals surface area contributed by atoms with E-state index in [0.29, 0.717) is 0 Å². The maximum atomic E-state index is 14.3. The van der Waals surface area contributed by atoms with Gasteiger partial charge >= 0.3 is 17.9 Å². The standard InChI is InChI=1S/C28H33NO8/c1-25(2,3)27(34)14-18-26(15-19(30)35-18)24(33)37-23-28(26,27)20(36-22(32)16-10-6-4-7-11-16)21(31)29(23)17-12-8-5-9-13-17/h4,6-7,10-11,17-18,20,23,34H,5,8-9,12-15H2,1-3H3/t18-,20-,23-,26-,27+,28+/m0/s1.